The number of imidazole rings is 1. The highest BCUT2D eigenvalue weighted by molar-refractivity contribution is 7.89. The van der Waals surface area contributed by atoms with Crippen molar-refractivity contribution in [1.29, 1.82) is 0 Å². The second-order valence-corrected chi connectivity index (χ2v) is 11.3. The van der Waals surface area contributed by atoms with Crippen LogP contribution in [0.3, 0.4) is 0 Å². The van der Waals surface area contributed by atoms with Crippen LogP contribution < -0.4 is 5.32 Å². The Labute approximate surface area is 191 Å². The third-order valence-corrected chi connectivity index (χ3v) is 8.88. The van der Waals surface area contributed by atoms with E-state index in [-0.39, 0.29) is 11.9 Å². The molecule has 1 N–H and O–H groups in total. The first kappa shape index (κ1) is 23.2. The van der Waals surface area contributed by atoms with Gasteiger partial charge in [0.1, 0.15) is 5.82 Å². The summed E-state index contributed by atoms with van der Waals surface area (Å²) < 4.78 is 29.6. The number of hydrogen-bond donors (Lipinski definition) is 1. The van der Waals surface area contributed by atoms with Crippen LogP contribution in [0.4, 0.5) is 0 Å². The quantitative estimate of drug-likeness (QED) is 0.648. The van der Waals surface area contributed by atoms with E-state index in [1.54, 1.807) is 16.4 Å². The SMILES string of the molecule is CCCn1c(CCC(=O)NC2CCCCC2C)nc2cc(S(=O)(=O)N3CCCC3)ccc21. The van der Waals surface area contributed by atoms with Gasteiger partial charge in [-0.05, 0) is 56.2 Å². The Kier molecular flexibility index (Phi) is 7.20. The molecule has 1 aromatic heterocycles. The topological polar surface area (TPSA) is 84.3 Å². The minimum Gasteiger partial charge on any atom is -0.353 e. The highest BCUT2D eigenvalue weighted by Crippen LogP contribution is 2.26. The second-order valence-electron chi connectivity index (χ2n) is 9.38. The largest absolute Gasteiger partial charge is 0.353 e. The summed E-state index contributed by atoms with van der Waals surface area (Å²) in [6, 6.07) is 5.55. The van der Waals surface area contributed by atoms with Gasteiger partial charge in [0.15, 0.2) is 0 Å². The van der Waals surface area contributed by atoms with Crippen LogP contribution in [0.5, 0.6) is 0 Å². The fourth-order valence-corrected chi connectivity index (χ4v) is 6.63. The van der Waals surface area contributed by atoms with E-state index in [4.69, 9.17) is 4.98 Å². The number of benzene rings is 1. The predicted molar refractivity (Wildman–Crippen MR) is 126 cm³/mol. The summed E-state index contributed by atoms with van der Waals surface area (Å²) in [6.45, 7) is 6.30. The third kappa shape index (κ3) is 4.86. The van der Waals surface area contributed by atoms with E-state index < -0.39 is 10.0 Å². The molecule has 4 rings (SSSR count). The molecule has 7 nitrogen and oxygen atoms in total. The lowest BCUT2D eigenvalue weighted by molar-refractivity contribution is -0.122. The summed E-state index contributed by atoms with van der Waals surface area (Å²) >= 11 is 0. The standard InChI is InChI=1S/C24H36N4O3S/c1-3-14-28-22-11-10-19(32(30,31)27-15-6-7-16-27)17-21(22)25-23(28)12-13-24(29)26-20-9-5-4-8-18(20)2/h10-11,17-18,20H,3-9,12-16H2,1-2H3,(H,26,29). The number of hydrogen-bond acceptors (Lipinski definition) is 4. The zero-order valence-corrected chi connectivity index (χ0v) is 20.2. The number of nitrogens with zero attached hydrogens (tertiary/aromatic N) is 3. The Balaban J connectivity index is 1.51. The molecule has 2 fully saturated rings. The lowest BCUT2D eigenvalue weighted by Crippen LogP contribution is -2.41. The molecule has 1 saturated heterocycles. The average Bonchev–Trinajstić information content (AvgIpc) is 3.43. The molecule has 0 spiro atoms. The van der Waals surface area contributed by atoms with Crippen molar-refractivity contribution in [3.8, 4) is 0 Å². The molecule has 1 saturated carbocycles. The number of aromatic nitrogens is 2. The van der Waals surface area contributed by atoms with Crippen LogP contribution in [0, 0.1) is 5.92 Å². The van der Waals surface area contributed by atoms with E-state index in [0.29, 0.717) is 42.3 Å². The summed E-state index contributed by atoms with van der Waals surface area (Å²) in [7, 11) is -3.47. The number of amides is 1. The maximum Gasteiger partial charge on any atom is 0.243 e. The van der Waals surface area contributed by atoms with Gasteiger partial charge in [-0.15, -0.1) is 0 Å². The van der Waals surface area contributed by atoms with E-state index in [9.17, 15) is 13.2 Å². The first-order chi connectivity index (χ1) is 15.4. The van der Waals surface area contributed by atoms with Gasteiger partial charge in [0.05, 0.1) is 15.9 Å². The molecule has 0 bridgehead atoms. The Hall–Kier alpha value is -1.93. The first-order valence-corrected chi connectivity index (χ1v) is 13.6. The van der Waals surface area contributed by atoms with Gasteiger partial charge in [-0.3, -0.25) is 4.79 Å². The van der Waals surface area contributed by atoms with Crippen LogP contribution in [0.2, 0.25) is 0 Å². The molecule has 2 unspecified atom stereocenters. The van der Waals surface area contributed by atoms with Crippen molar-refractivity contribution in [3.63, 3.8) is 0 Å². The molecule has 2 atom stereocenters. The van der Waals surface area contributed by atoms with Gasteiger partial charge in [0.2, 0.25) is 15.9 Å². The highest BCUT2D eigenvalue weighted by Gasteiger charge is 2.28. The van der Waals surface area contributed by atoms with Crippen LogP contribution in [0.15, 0.2) is 23.1 Å². The molecule has 1 aliphatic carbocycles. The molecular weight excluding hydrogens is 424 g/mol. The first-order valence-electron chi connectivity index (χ1n) is 12.2. The highest BCUT2D eigenvalue weighted by atomic mass is 32.2. The molecule has 2 aliphatic rings. The Morgan fingerprint density at radius 3 is 2.62 bits per heavy atom. The van der Waals surface area contributed by atoms with E-state index in [2.05, 4.69) is 23.7 Å². The molecule has 0 radical (unpaired) electrons. The van der Waals surface area contributed by atoms with Crippen molar-refractivity contribution in [1.82, 2.24) is 19.2 Å². The van der Waals surface area contributed by atoms with Crippen LogP contribution >= 0.6 is 0 Å². The van der Waals surface area contributed by atoms with E-state index in [1.807, 2.05) is 6.07 Å². The number of sulfonamides is 1. The van der Waals surface area contributed by atoms with Crippen molar-refractivity contribution < 1.29 is 13.2 Å². The number of aryl methyl sites for hydroxylation is 2. The number of carbonyl (C=O) groups excluding carboxylic acids is 1. The smallest absolute Gasteiger partial charge is 0.243 e. The number of nitrogens with one attached hydrogen (secondary N) is 1. The van der Waals surface area contributed by atoms with Crippen LogP contribution in [0.1, 0.15) is 71.0 Å². The molecule has 32 heavy (non-hydrogen) atoms. The number of rotatable bonds is 8. The molecule has 2 heterocycles. The van der Waals surface area contributed by atoms with Gasteiger partial charge in [-0.1, -0.05) is 26.7 Å². The third-order valence-electron chi connectivity index (χ3n) is 6.98. The normalized spacial score (nSPS) is 22.4. The monoisotopic (exact) mass is 460 g/mol. The van der Waals surface area contributed by atoms with Crippen molar-refractivity contribution in [3.05, 3.63) is 24.0 Å². The molecule has 1 aromatic carbocycles. The molecule has 1 amide bonds. The van der Waals surface area contributed by atoms with Gasteiger partial charge < -0.3 is 9.88 Å². The average molecular weight is 461 g/mol. The van der Waals surface area contributed by atoms with Crippen LogP contribution in [-0.4, -0.2) is 47.3 Å². The Morgan fingerprint density at radius 1 is 1.16 bits per heavy atom. The van der Waals surface area contributed by atoms with Gasteiger partial charge in [-0.25, -0.2) is 13.4 Å². The Bertz CT molecular complexity index is 1060. The maximum atomic E-state index is 13.0. The second kappa shape index (κ2) is 9.91. The van der Waals surface area contributed by atoms with Crippen molar-refractivity contribution in [2.24, 2.45) is 5.92 Å². The van der Waals surface area contributed by atoms with E-state index in [1.165, 1.54) is 19.3 Å². The Morgan fingerprint density at radius 2 is 1.91 bits per heavy atom. The summed E-state index contributed by atoms with van der Waals surface area (Å²) in [6.07, 6.45) is 8.41. The summed E-state index contributed by atoms with van der Waals surface area (Å²) in [4.78, 5) is 17.7. The lowest BCUT2D eigenvalue weighted by Gasteiger charge is -2.29. The molecule has 1 aliphatic heterocycles. The number of carbonyl (C=O) groups is 1. The molecule has 2 aromatic rings. The lowest BCUT2D eigenvalue weighted by atomic mass is 9.86. The maximum absolute atomic E-state index is 13.0. The minimum absolute atomic E-state index is 0.0798. The zero-order valence-electron chi connectivity index (χ0n) is 19.3. The predicted octanol–water partition coefficient (Wildman–Crippen LogP) is 3.86. The molecule has 176 valence electrons. The van der Waals surface area contributed by atoms with Crippen LogP contribution in [-0.2, 0) is 27.8 Å². The van der Waals surface area contributed by atoms with Crippen molar-refractivity contribution in [2.45, 2.75) is 89.1 Å². The van der Waals surface area contributed by atoms with Gasteiger partial charge in [0.25, 0.3) is 0 Å². The van der Waals surface area contributed by atoms with Crippen molar-refractivity contribution in [2.75, 3.05) is 13.1 Å². The molecule has 8 heteroatoms. The van der Waals surface area contributed by atoms with Gasteiger partial charge in [-0.2, -0.15) is 4.31 Å². The summed E-state index contributed by atoms with van der Waals surface area (Å²) in [5.41, 5.74) is 1.62. The van der Waals surface area contributed by atoms with E-state index in [0.717, 1.165) is 43.6 Å². The zero-order chi connectivity index (χ0) is 22.7. The van der Waals surface area contributed by atoms with E-state index >= 15 is 0 Å². The summed E-state index contributed by atoms with van der Waals surface area (Å²) in [5, 5.41) is 3.22. The number of fused-ring (bicyclic) bond motifs is 1. The van der Waals surface area contributed by atoms with Crippen LogP contribution in [0.25, 0.3) is 11.0 Å². The fraction of sp³-hybridized carbons (Fsp3) is 0.667. The molecular formula is C24H36N4O3S. The van der Waals surface area contributed by atoms with Crippen molar-refractivity contribution >= 4 is 27.0 Å². The van der Waals surface area contributed by atoms with Gasteiger partial charge >= 0.3 is 0 Å². The summed E-state index contributed by atoms with van der Waals surface area (Å²) in [5.74, 6) is 1.47. The minimum atomic E-state index is -3.47. The van der Waals surface area contributed by atoms with Gasteiger partial charge in [0, 0.05) is 38.5 Å². The fourth-order valence-electron chi connectivity index (χ4n) is 5.10.